The van der Waals surface area contributed by atoms with Crippen molar-refractivity contribution in [1.29, 1.82) is 0 Å². The van der Waals surface area contributed by atoms with Crippen LogP contribution in [0.1, 0.15) is 33.6 Å². The maximum Gasteiger partial charge on any atom is 0.224 e. The van der Waals surface area contributed by atoms with Gasteiger partial charge in [-0.1, -0.05) is 20.8 Å². The van der Waals surface area contributed by atoms with Crippen LogP contribution in [0.25, 0.3) is 0 Å². The molecule has 0 saturated carbocycles. The van der Waals surface area contributed by atoms with Gasteiger partial charge in [0.05, 0.1) is 12.6 Å². The summed E-state index contributed by atoms with van der Waals surface area (Å²) in [6.07, 6.45) is 1.54. The van der Waals surface area contributed by atoms with Gasteiger partial charge < -0.3 is 15.3 Å². The first-order valence-corrected chi connectivity index (χ1v) is 6.20. The molecular weight excluding hydrogens is 204 g/mol. The molecule has 1 aliphatic heterocycles. The van der Waals surface area contributed by atoms with Crippen LogP contribution >= 0.6 is 0 Å². The van der Waals surface area contributed by atoms with E-state index < -0.39 is 0 Å². The Morgan fingerprint density at radius 2 is 2.25 bits per heavy atom. The number of carbonyl (C=O) groups is 1. The number of amides is 1. The first kappa shape index (κ1) is 13.5. The lowest BCUT2D eigenvalue weighted by atomic mass is 10.0. The summed E-state index contributed by atoms with van der Waals surface area (Å²) in [4.78, 5) is 13.8. The predicted octanol–water partition coefficient (Wildman–Crippen LogP) is 0.604. The lowest BCUT2D eigenvalue weighted by molar-refractivity contribution is -0.133. The summed E-state index contributed by atoms with van der Waals surface area (Å²) in [5.74, 6) is 0.587. The second-order valence-electron chi connectivity index (χ2n) is 4.96. The summed E-state index contributed by atoms with van der Waals surface area (Å²) in [5.41, 5.74) is 0. The maximum absolute atomic E-state index is 11.9. The molecule has 1 fully saturated rings. The topological polar surface area (TPSA) is 52.6 Å². The van der Waals surface area contributed by atoms with Crippen molar-refractivity contribution in [2.45, 2.75) is 45.7 Å². The highest BCUT2D eigenvalue weighted by Gasteiger charge is 2.33. The van der Waals surface area contributed by atoms with Gasteiger partial charge >= 0.3 is 0 Å². The quantitative estimate of drug-likeness (QED) is 0.724. The molecule has 16 heavy (non-hydrogen) atoms. The molecule has 0 aromatic carbocycles. The van der Waals surface area contributed by atoms with Gasteiger partial charge in [-0.05, 0) is 12.3 Å². The van der Waals surface area contributed by atoms with Crippen LogP contribution in [0.2, 0.25) is 0 Å². The van der Waals surface area contributed by atoms with E-state index in [0.717, 1.165) is 19.5 Å². The molecule has 0 aromatic rings. The van der Waals surface area contributed by atoms with Crippen molar-refractivity contribution in [3.8, 4) is 0 Å². The second kappa shape index (κ2) is 6.21. The number of nitrogens with zero attached hydrogens (tertiary/aromatic N) is 1. The highest BCUT2D eigenvalue weighted by molar-refractivity contribution is 5.77. The summed E-state index contributed by atoms with van der Waals surface area (Å²) in [7, 11) is 0. The molecule has 4 nitrogen and oxygen atoms in total. The van der Waals surface area contributed by atoms with E-state index in [1.807, 2.05) is 4.90 Å². The smallest absolute Gasteiger partial charge is 0.224 e. The van der Waals surface area contributed by atoms with Gasteiger partial charge in [0.1, 0.15) is 0 Å². The van der Waals surface area contributed by atoms with Crippen LogP contribution in [-0.4, -0.2) is 47.7 Å². The Bertz CT molecular complexity index is 231. The minimum atomic E-state index is 0.0338. The third kappa shape index (κ3) is 3.46. The van der Waals surface area contributed by atoms with E-state index in [4.69, 9.17) is 0 Å². The molecule has 2 N–H and O–H groups in total. The molecule has 0 aliphatic carbocycles. The second-order valence-corrected chi connectivity index (χ2v) is 4.96. The number of nitrogens with one attached hydrogen (secondary N) is 1. The van der Waals surface area contributed by atoms with Gasteiger partial charge in [0.25, 0.3) is 0 Å². The summed E-state index contributed by atoms with van der Waals surface area (Å²) in [6.45, 7) is 7.84. The van der Waals surface area contributed by atoms with Crippen LogP contribution < -0.4 is 5.32 Å². The average molecular weight is 228 g/mol. The molecule has 0 bridgehead atoms. The molecule has 1 heterocycles. The molecule has 1 saturated heterocycles. The number of aliphatic hydroxyl groups is 1. The monoisotopic (exact) mass is 228 g/mol. The Hall–Kier alpha value is -0.610. The van der Waals surface area contributed by atoms with Gasteiger partial charge in [0, 0.05) is 25.6 Å². The van der Waals surface area contributed by atoms with Crippen LogP contribution in [0, 0.1) is 5.92 Å². The van der Waals surface area contributed by atoms with Crippen LogP contribution in [0.3, 0.4) is 0 Å². The average Bonchev–Trinajstić information content (AvgIpc) is 2.58. The molecule has 2 atom stereocenters. The van der Waals surface area contributed by atoms with E-state index in [1.165, 1.54) is 0 Å². The van der Waals surface area contributed by atoms with Crippen LogP contribution in [0.5, 0.6) is 0 Å². The van der Waals surface area contributed by atoms with Crippen molar-refractivity contribution < 1.29 is 9.90 Å². The van der Waals surface area contributed by atoms with Crippen molar-refractivity contribution >= 4 is 5.91 Å². The highest BCUT2D eigenvalue weighted by Crippen LogP contribution is 2.23. The molecule has 1 amide bonds. The Balaban J connectivity index is 2.36. The van der Waals surface area contributed by atoms with Crippen LogP contribution in [-0.2, 0) is 4.79 Å². The fraction of sp³-hybridized carbons (Fsp3) is 0.917. The number of rotatable bonds is 5. The Morgan fingerprint density at radius 1 is 1.56 bits per heavy atom. The highest BCUT2D eigenvalue weighted by atomic mass is 16.3. The normalized spacial score (nSPS) is 25.4. The third-order valence-electron chi connectivity index (χ3n) is 3.28. The van der Waals surface area contributed by atoms with Gasteiger partial charge in [-0.2, -0.15) is 0 Å². The van der Waals surface area contributed by atoms with Crippen molar-refractivity contribution in [2.75, 3.05) is 19.7 Å². The van der Waals surface area contributed by atoms with E-state index in [2.05, 4.69) is 26.1 Å². The molecule has 0 aromatic heterocycles. The Morgan fingerprint density at radius 3 is 2.81 bits per heavy atom. The third-order valence-corrected chi connectivity index (χ3v) is 3.28. The zero-order valence-corrected chi connectivity index (χ0v) is 10.6. The standard InChI is InChI=1S/C12H24N2O2/c1-9(2)13-6-4-12(16)14-7-5-10(3)11(14)8-15/h9-11,13,15H,4-8H2,1-3H3. The van der Waals surface area contributed by atoms with E-state index in [9.17, 15) is 9.90 Å². The van der Waals surface area contributed by atoms with E-state index in [1.54, 1.807) is 0 Å². The number of carbonyl (C=O) groups excluding carboxylic acids is 1. The van der Waals surface area contributed by atoms with Crippen molar-refractivity contribution in [1.82, 2.24) is 10.2 Å². The molecular formula is C12H24N2O2. The predicted molar refractivity (Wildman–Crippen MR) is 64.1 cm³/mol. The summed E-state index contributed by atoms with van der Waals surface area (Å²) in [6, 6.07) is 0.450. The lowest BCUT2D eigenvalue weighted by Gasteiger charge is -2.25. The molecule has 1 aliphatic rings. The van der Waals surface area contributed by atoms with E-state index in [0.29, 0.717) is 18.4 Å². The molecule has 94 valence electrons. The van der Waals surface area contributed by atoms with Crippen LogP contribution in [0.15, 0.2) is 0 Å². The van der Waals surface area contributed by atoms with E-state index in [-0.39, 0.29) is 18.6 Å². The van der Waals surface area contributed by atoms with Gasteiger partial charge in [-0.25, -0.2) is 0 Å². The summed E-state index contributed by atoms with van der Waals surface area (Å²) in [5, 5.41) is 12.5. The Kier molecular flexibility index (Phi) is 5.22. The van der Waals surface area contributed by atoms with Gasteiger partial charge in [-0.3, -0.25) is 4.79 Å². The number of hydrogen-bond acceptors (Lipinski definition) is 3. The first-order chi connectivity index (χ1) is 7.56. The minimum absolute atomic E-state index is 0.0338. The number of aliphatic hydroxyl groups excluding tert-OH is 1. The molecule has 4 heteroatoms. The fourth-order valence-corrected chi connectivity index (χ4v) is 2.21. The van der Waals surface area contributed by atoms with Crippen LogP contribution in [0.4, 0.5) is 0 Å². The summed E-state index contributed by atoms with van der Waals surface area (Å²) < 4.78 is 0. The molecule has 2 unspecified atom stereocenters. The summed E-state index contributed by atoms with van der Waals surface area (Å²) >= 11 is 0. The lowest BCUT2D eigenvalue weighted by Crippen LogP contribution is -2.41. The Labute approximate surface area is 98.0 Å². The largest absolute Gasteiger partial charge is 0.394 e. The van der Waals surface area contributed by atoms with Gasteiger partial charge in [0.15, 0.2) is 0 Å². The van der Waals surface area contributed by atoms with E-state index >= 15 is 0 Å². The SMILES string of the molecule is CC(C)NCCC(=O)N1CCC(C)C1CO. The molecule has 0 radical (unpaired) electrons. The molecule has 1 rings (SSSR count). The zero-order valence-electron chi connectivity index (χ0n) is 10.6. The minimum Gasteiger partial charge on any atom is -0.394 e. The number of hydrogen-bond donors (Lipinski definition) is 2. The first-order valence-electron chi connectivity index (χ1n) is 6.20. The van der Waals surface area contributed by atoms with Crippen molar-refractivity contribution in [3.05, 3.63) is 0 Å². The zero-order chi connectivity index (χ0) is 12.1. The molecule has 0 spiro atoms. The maximum atomic E-state index is 11.9. The van der Waals surface area contributed by atoms with Gasteiger partial charge in [0.2, 0.25) is 5.91 Å². The van der Waals surface area contributed by atoms with Crippen molar-refractivity contribution in [2.24, 2.45) is 5.92 Å². The van der Waals surface area contributed by atoms with Crippen molar-refractivity contribution in [3.63, 3.8) is 0 Å². The number of likely N-dealkylation sites (tertiary alicyclic amines) is 1. The fourth-order valence-electron chi connectivity index (χ4n) is 2.21. The van der Waals surface area contributed by atoms with Gasteiger partial charge in [-0.15, -0.1) is 0 Å².